The lowest BCUT2D eigenvalue weighted by Gasteiger charge is -2.35. The molecule has 1 fully saturated rings. The predicted molar refractivity (Wildman–Crippen MR) is 94.3 cm³/mol. The number of carbonyl (C=O) groups is 3. The highest BCUT2D eigenvalue weighted by Gasteiger charge is 2.53. The highest BCUT2D eigenvalue weighted by atomic mass is 19.4. The van der Waals surface area contributed by atoms with Crippen LogP contribution in [0.1, 0.15) is 48.0 Å². The second kappa shape index (κ2) is 8.16. The second-order valence-electron chi connectivity index (χ2n) is 8.95. The fraction of sp³-hybridized carbons (Fsp3) is 0.833. The Morgan fingerprint density at radius 1 is 1.07 bits per heavy atom. The molecule has 1 rings (SSSR count). The molecule has 2 amide bonds. The van der Waals surface area contributed by atoms with Crippen molar-refractivity contribution in [1.82, 2.24) is 10.2 Å². The summed E-state index contributed by atoms with van der Waals surface area (Å²) >= 11 is 0. The molecule has 0 bridgehead atoms. The van der Waals surface area contributed by atoms with Crippen molar-refractivity contribution in [1.29, 1.82) is 0 Å². The number of nitrogens with one attached hydrogen (secondary N) is 1. The zero-order valence-corrected chi connectivity index (χ0v) is 17.3. The Balaban J connectivity index is 3.22. The number of amides is 2. The van der Waals surface area contributed by atoms with Crippen LogP contribution >= 0.6 is 0 Å². The number of alkyl halides is 3. The van der Waals surface area contributed by atoms with Gasteiger partial charge in [-0.25, -0.2) is 9.59 Å². The summed E-state index contributed by atoms with van der Waals surface area (Å²) in [5, 5.41) is 2.36. The van der Waals surface area contributed by atoms with E-state index < -0.39 is 66.1 Å². The van der Waals surface area contributed by atoms with Crippen LogP contribution in [-0.4, -0.2) is 60.4 Å². The van der Waals surface area contributed by atoms with Gasteiger partial charge in [0.05, 0.1) is 13.0 Å². The molecule has 0 saturated carbocycles. The summed E-state index contributed by atoms with van der Waals surface area (Å²) in [6, 6.07) is -2.57. The van der Waals surface area contributed by atoms with E-state index in [0.29, 0.717) is 0 Å². The molecule has 0 aromatic rings. The zero-order chi connectivity index (χ0) is 22.1. The molecule has 10 heteroatoms. The van der Waals surface area contributed by atoms with Gasteiger partial charge in [-0.15, -0.1) is 0 Å². The third-order valence-electron chi connectivity index (χ3n) is 4.29. The normalized spacial score (nSPS) is 21.9. The number of hydrogen-bond donors (Lipinski definition) is 1. The number of esters is 1. The number of halogens is 3. The van der Waals surface area contributed by atoms with Crippen LogP contribution in [0.2, 0.25) is 0 Å². The molecule has 7 nitrogen and oxygen atoms in total. The minimum Gasteiger partial charge on any atom is -0.458 e. The maximum atomic E-state index is 13.3. The molecule has 0 aromatic carbocycles. The fourth-order valence-corrected chi connectivity index (χ4v) is 2.90. The lowest BCUT2D eigenvalue weighted by Crippen LogP contribution is -2.57. The van der Waals surface area contributed by atoms with Crippen molar-refractivity contribution < 1.29 is 37.0 Å². The predicted octanol–water partition coefficient (Wildman–Crippen LogP) is 2.88. The summed E-state index contributed by atoms with van der Waals surface area (Å²) in [5.41, 5.74) is -1.75. The van der Waals surface area contributed by atoms with Crippen LogP contribution in [0.25, 0.3) is 0 Å². The monoisotopic (exact) mass is 410 g/mol. The van der Waals surface area contributed by atoms with Crippen molar-refractivity contribution in [3.63, 3.8) is 0 Å². The average molecular weight is 410 g/mol. The van der Waals surface area contributed by atoms with Crippen LogP contribution in [0.15, 0.2) is 0 Å². The van der Waals surface area contributed by atoms with Gasteiger partial charge in [0.2, 0.25) is 5.91 Å². The van der Waals surface area contributed by atoms with Crippen LogP contribution in [0.5, 0.6) is 0 Å². The molecule has 0 radical (unpaired) electrons. The minimum absolute atomic E-state index is 0.584. The first kappa shape index (κ1) is 24.0. The lowest BCUT2D eigenvalue weighted by molar-refractivity contribution is -0.171. The average Bonchev–Trinajstić information content (AvgIpc) is 2.94. The van der Waals surface area contributed by atoms with Crippen molar-refractivity contribution in [2.24, 2.45) is 11.3 Å². The van der Waals surface area contributed by atoms with Gasteiger partial charge >= 0.3 is 18.2 Å². The van der Waals surface area contributed by atoms with E-state index in [1.165, 1.54) is 0 Å². The standard InChI is InChI=1S/C18H29F3N2O5/c1-16(2,3)12(22-15(26)27-7)13(24)23-9-10(18(19,20)21)8-11(23)14(25)28-17(4,5)6/h10-12H,8-9H2,1-7H3,(H,22,26)/t10-,11+,12-/m1/s1. The van der Waals surface area contributed by atoms with Crippen molar-refractivity contribution in [3.8, 4) is 0 Å². The first-order chi connectivity index (χ1) is 12.5. The van der Waals surface area contributed by atoms with Gasteiger partial charge in [-0.1, -0.05) is 20.8 Å². The first-order valence-corrected chi connectivity index (χ1v) is 8.92. The molecule has 0 unspecified atom stereocenters. The molecule has 0 aliphatic carbocycles. The van der Waals surface area contributed by atoms with E-state index in [1.807, 2.05) is 0 Å². The molecule has 1 aliphatic rings. The molecule has 28 heavy (non-hydrogen) atoms. The molecule has 3 atom stereocenters. The Morgan fingerprint density at radius 3 is 2.00 bits per heavy atom. The zero-order valence-electron chi connectivity index (χ0n) is 17.3. The molecular formula is C18H29F3N2O5. The van der Waals surface area contributed by atoms with Gasteiger partial charge < -0.3 is 19.7 Å². The molecule has 0 spiro atoms. The Morgan fingerprint density at radius 2 is 1.61 bits per heavy atom. The van der Waals surface area contributed by atoms with Gasteiger partial charge in [-0.2, -0.15) is 13.2 Å². The Kier molecular flexibility index (Phi) is 7.01. The van der Waals surface area contributed by atoms with Crippen molar-refractivity contribution in [2.75, 3.05) is 13.7 Å². The molecule has 1 heterocycles. The van der Waals surface area contributed by atoms with Gasteiger partial charge in [-0.3, -0.25) is 4.79 Å². The van der Waals surface area contributed by atoms with E-state index >= 15 is 0 Å². The number of alkyl carbamates (subject to hydrolysis) is 1. The maximum Gasteiger partial charge on any atom is 0.407 e. The smallest absolute Gasteiger partial charge is 0.407 e. The Hall–Kier alpha value is -2.00. The summed E-state index contributed by atoms with van der Waals surface area (Å²) in [5.74, 6) is -3.55. The minimum atomic E-state index is -4.57. The topological polar surface area (TPSA) is 84.9 Å². The second-order valence-corrected chi connectivity index (χ2v) is 8.95. The number of likely N-dealkylation sites (tertiary alicyclic amines) is 1. The summed E-state index contributed by atoms with van der Waals surface area (Å²) in [4.78, 5) is 38.1. The number of ether oxygens (including phenoxy) is 2. The summed E-state index contributed by atoms with van der Waals surface area (Å²) in [6.07, 6.45) is -6.05. The molecule has 1 N–H and O–H groups in total. The summed E-state index contributed by atoms with van der Waals surface area (Å²) < 4.78 is 49.6. The van der Waals surface area contributed by atoms with E-state index in [4.69, 9.17) is 4.74 Å². The highest BCUT2D eigenvalue weighted by molar-refractivity contribution is 5.91. The SMILES string of the molecule is COC(=O)N[C@H](C(=O)N1C[C@H](C(F)(F)F)C[C@H]1C(=O)OC(C)(C)C)C(C)(C)C. The van der Waals surface area contributed by atoms with Gasteiger partial charge in [0.15, 0.2) is 0 Å². The van der Waals surface area contributed by atoms with Crippen LogP contribution in [0.4, 0.5) is 18.0 Å². The first-order valence-electron chi connectivity index (χ1n) is 8.92. The summed E-state index contributed by atoms with van der Waals surface area (Å²) in [7, 11) is 1.11. The van der Waals surface area contributed by atoms with Crippen molar-refractivity contribution in [2.45, 2.75) is 71.8 Å². The molecule has 1 saturated heterocycles. The van der Waals surface area contributed by atoms with Crippen LogP contribution < -0.4 is 5.32 Å². The number of nitrogens with zero attached hydrogens (tertiary/aromatic N) is 1. The number of carbonyl (C=O) groups excluding carboxylic acids is 3. The highest BCUT2D eigenvalue weighted by Crippen LogP contribution is 2.38. The maximum absolute atomic E-state index is 13.3. The molecule has 0 aromatic heterocycles. The third kappa shape index (κ3) is 6.27. The Bertz CT molecular complexity index is 608. The van der Waals surface area contributed by atoms with E-state index in [-0.39, 0.29) is 0 Å². The fourth-order valence-electron chi connectivity index (χ4n) is 2.90. The molecule has 162 valence electrons. The van der Waals surface area contributed by atoms with Crippen molar-refractivity contribution in [3.05, 3.63) is 0 Å². The molecular weight excluding hydrogens is 381 g/mol. The largest absolute Gasteiger partial charge is 0.458 e. The van der Waals surface area contributed by atoms with Crippen LogP contribution in [-0.2, 0) is 19.1 Å². The Labute approximate surface area is 162 Å². The van der Waals surface area contributed by atoms with Crippen molar-refractivity contribution >= 4 is 18.0 Å². The van der Waals surface area contributed by atoms with E-state index in [0.717, 1.165) is 12.0 Å². The van der Waals surface area contributed by atoms with Gasteiger partial charge in [0, 0.05) is 6.54 Å². The van der Waals surface area contributed by atoms with E-state index in [1.54, 1.807) is 41.5 Å². The van der Waals surface area contributed by atoms with Gasteiger partial charge in [-0.05, 0) is 32.6 Å². The van der Waals surface area contributed by atoms with E-state index in [9.17, 15) is 27.6 Å². The van der Waals surface area contributed by atoms with Crippen LogP contribution in [0.3, 0.4) is 0 Å². The quantitative estimate of drug-likeness (QED) is 0.724. The van der Waals surface area contributed by atoms with Crippen LogP contribution in [0, 0.1) is 11.3 Å². The molecule has 1 aliphatic heterocycles. The third-order valence-corrected chi connectivity index (χ3v) is 4.29. The number of rotatable bonds is 3. The number of hydrogen-bond acceptors (Lipinski definition) is 5. The summed E-state index contributed by atoms with van der Waals surface area (Å²) in [6.45, 7) is 9.02. The van der Waals surface area contributed by atoms with Gasteiger partial charge in [0.25, 0.3) is 0 Å². The number of methoxy groups -OCH3 is 1. The lowest BCUT2D eigenvalue weighted by atomic mass is 9.85. The van der Waals surface area contributed by atoms with Gasteiger partial charge in [0.1, 0.15) is 17.7 Å². The van der Waals surface area contributed by atoms with E-state index in [2.05, 4.69) is 10.1 Å².